The summed E-state index contributed by atoms with van der Waals surface area (Å²) in [6.07, 6.45) is 2.88. The lowest BCUT2D eigenvalue weighted by atomic mass is 9.96. The molecule has 0 spiro atoms. The van der Waals surface area contributed by atoms with Crippen LogP contribution in [0.5, 0.6) is 0 Å². The van der Waals surface area contributed by atoms with Gasteiger partial charge in [0.2, 0.25) is 11.8 Å². The molecule has 4 aliphatic heterocycles. The second-order valence-electron chi connectivity index (χ2n) is 11.3. The Morgan fingerprint density at radius 3 is 1.43 bits per heavy atom. The molecule has 226 valence electrons. The van der Waals surface area contributed by atoms with E-state index in [0.29, 0.717) is 63.6 Å². The molecule has 0 saturated carbocycles. The quantitative estimate of drug-likeness (QED) is 0.328. The van der Waals surface area contributed by atoms with E-state index in [1.165, 1.54) is 0 Å². The van der Waals surface area contributed by atoms with Gasteiger partial charge in [0.05, 0.1) is 61.3 Å². The van der Waals surface area contributed by atoms with Crippen molar-refractivity contribution in [2.24, 2.45) is 11.8 Å². The summed E-state index contributed by atoms with van der Waals surface area (Å²) in [5.74, 6) is -2.60. The van der Waals surface area contributed by atoms with Crippen LogP contribution >= 0.6 is 0 Å². The lowest BCUT2D eigenvalue weighted by molar-refractivity contribution is -0.151. The number of hydrogen-bond acceptors (Lipinski definition) is 10. The summed E-state index contributed by atoms with van der Waals surface area (Å²) in [5.41, 5.74) is 0.721. The maximum absolute atomic E-state index is 13.4. The maximum atomic E-state index is 13.4. The van der Waals surface area contributed by atoms with Gasteiger partial charge in [-0.15, -0.1) is 0 Å². The maximum Gasteiger partial charge on any atom is 0.310 e. The number of carbonyl (C=O) groups excluding carboxylic acids is 6. The molecule has 0 unspecified atom stereocenters. The highest BCUT2D eigenvalue weighted by molar-refractivity contribution is 6.24. The molecule has 5 rings (SSSR count). The Morgan fingerprint density at radius 2 is 1.07 bits per heavy atom. The zero-order valence-corrected chi connectivity index (χ0v) is 24.2. The number of imide groups is 2. The van der Waals surface area contributed by atoms with Crippen LogP contribution in [0, 0.1) is 11.8 Å². The predicted octanol–water partition coefficient (Wildman–Crippen LogP) is 1.50. The van der Waals surface area contributed by atoms with E-state index in [9.17, 15) is 28.8 Å². The van der Waals surface area contributed by atoms with Crippen molar-refractivity contribution in [2.75, 3.05) is 49.2 Å². The van der Waals surface area contributed by atoms with Crippen molar-refractivity contribution in [2.45, 2.75) is 64.5 Å². The molecule has 0 aromatic heterocycles. The summed E-state index contributed by atoms with van der Waals surface area (Å²) in [6.45, 7) is 6.07. The van der Waals surface area contributed by atoms with Gasteiger partial charge in [0.1, 0.15) is 0 Å². The molecule has 4 amide bonds. The van der Waals surface area contributed by atoms with Crippen molar-refractivity contribution in [3.63, 3.8) is 0 Å². The van der Waals surface area contributed by atoms with E-state index in [1.807, 2.05) is 9.80 Å². The summed E-state index contributed by atoms with van der Waals surface area (Å²) in [7, 11) is 0. The van der Waals surface area contributed by atoms with E-state index in [-0.39, 0.29) is 60.2 Å². The summed E-state index contributed by atoms with van der Waals surface area (Å²) in [4.78, 5) is 83.3. The Kier molecular flexibility index (Phi) is 9.02. The Bertz CT molecular complexity index is 1160. The van der Waals surface area contributed by atoms with Crippen LogP contribution in [0.25, 0.3) is 0 Å². The summed E-state index contributed by atoms with van der Waals surface area (Å²) in [6, 6.07) is 4.96. The number of anilines is 2. The molecule has 12 heteroatoms. The predicted molar refractivity (Wildman–Crippen MR) is 150 cm³/mol. The zero-order valence-electron chi connectivity index (χ0n) is 24.2. The lowest BCUT2D eigenvalue weighted by Gasteiger charge is -2.34. The number of esters is 2. The molecule has 42 heavy (non-hydrogen) atoms. The van der Waals surface area contributed by atoms with Crippen molar-refractivity contribution in [1.82, 2.24) is 9.80 Å². The summed E-state index contributed by atoms with van der Waals surface area (Å²) in [5, 5.41) is 0. The molecule has 4 fully saturated rings. The first-order chi connectivity index (χ1) is 20.2. The minimum absolute atomic E-state index is 0.0174. The summed E-state index contributed by atoms with van der Waals surface area (Å²) < 4.78 is 10.3. The van der Waals surface area contributed by atoms with Gasteiger partial charge in [-0.25, -0.2) is 9.80 Å². The van der Waals surface area contributed by atoms with E-state index in [4.69, 9.17) is 9.47 Å². The molecule has 0 radical (unpaired) electrons. The average Bonchev–Trinajstić information content (AvgIpc) is 3.46. The second kappa shape index (κ2) is 12.7. The molecule has 1 aromatic rings. The van der Waals surface area contributed by atoms with Gasteiger partial charge in [-0.3, -0.25) is 38.6 Å². The Morgan fingerprint density at radius 1 is 0.690 bits per heavy atom. The Hall–Kier alpha value is -3.64. The third-order valence-corrected chi connectivity index (χ3v) is 8.64. The molecule has 1 aromatic carbocycles. The molecule has 4 aliphatic rings. The largest absolute Gasteiger partial charge is 0.466 e. The van der Waals surface area contributed by atoms with Crippen molar-refractivity contribution in [3.05, 3.63) is 24.3 Å². The van der Waals surface area contributed by atoms with E-state index in [1.54, 1.807) is 38.1 Å². The van der Waals surface area contributed by atoms with Crippen molar-refractivity contribution in [3.8, 4) is 0 Å². The first-order valence-electron chi connectivity index (χ1n) is 14.9. The standard InChI is InChI=1S/C30H38N4O8/c1-3-41-29(39)19-7-5-13-31(17-19)23-15-25(35)33(27(23)37)21-9-11-22(12-10-21)34-26(36)16-24(28(34)38)32-14-6-8-20(18-32)30(40)42-4-2/h9-12,19-20,23-24H,3-8,13-18H2,1-2H3/t19-,20+,23-,24+. The van der Waals surface area contributed by atoms with Gasteiger partial charge < -0.3 is 9.47 Å². The smallest absolute Gasteiger partial charge is 0.310 e. The van der Waals surface area contributed by atoms with E-state index >= 15 is 0 Å². The highest BCUT2D eigenvalue weighted by Gasteiger charge is 2.46. The molecule has 0 aliphatic carbocycles. The van der Waals surface area contributed by atoms with Crippen molar-refractivity contribution in [1.29, 1.82) is 0 Å². The van der Waals surface area contributed by atoms with Crippen LogP contribution in [0.2, 0.25) is 0 Å². The van der Waals surface area contributed by atoms with Gasteiger partial charge in [-0.05, 0) is 76.9 Å². The molecule has 0 N–H and O–H groups in total. The fraction of sp³-hybridized carbons (Fsp3) is 0.600. The normalized spacial score (nSPS) is 27.6. The fourth-order valence-corrected chi connectivity index (χ4v) is 6.58. The number of likely N-dealkylation sites (tertiary alicyclic amines) is 2. The second-order valence-corrected chi connectivity index (χ2v) is 11.3. The van der Waals surface area contributed by atoms with Crippen LogP contribution in [0.3, 0.4) is 0 Å². The molecule has 4 saturated heterocycles. The van der Waals surface area contributed by atoms with Crippen LogP contribution in [-0.2, 0) is 38.2 Å². The van der Waals surface area contributed by atoms with Crippen LogP contribution < -0.4 is 9.80 Å². The molecular weight excluding hydrogens is 544 g/mol. The van der Waals surface area contributed by atoms with E-state index in [2.05, 4.69) is 0 Å². The van der Waals surface area contributed by atoms with Crippen molar-refractivity contribution >= 4 is 46.9 Å². The molecule has 4 atom stereocenters. The Labute approximate surface area is 244 Å². The van der Waals surface area contributed by atoms with Gasteiger partial charge >= 0.3 is 11.9 Å². The fourth-order valence-electron chi connectivity index (χ4n) is 6.58. The molecular formula is C30H38N4O8. The molecule has 0 bridgehead atoms. The van der Waals surface area contributed by atoms with Crippen LogP contribution in [0.15, 0.2) is 24.3 Å². The molecule has 12 nitrogen and oxygen atoms in total. The van der Waals surface area contributed by atoms with Gasteiger partial charge in [-0.1, -0.05) is 0 Å². The summed E-state index contributed by atoms with van der Waals surface area (Å²) >= 11 is 0. The number of benzene rings is 1. The highest BCUT2D eigenvalue weighted by Crippen LogP contribution is 2.33. The number of carbonyl (C=O) groups is 6. The third kappa shape index (κ3) is 5.82. The topological polar surface area (TPSA) is 134 Å². The van der Waals surface area contributed by atoms with Crippen LogP contribution in [-0.4, -0.2) is 96.8 Å². The SMILES string of the molecule is CCOC(=O)[C@@H]1CCCN([C@@H]2CC(=O)N(c3ccc(N4C(=O)C[C@H](N5CCC[C@H](C(=O)OCC)C5)C4=O)cc3)C2=O)C1. The first-order valence-corrected chi connectivity index (χ1v) is 14.9. The van der Waals surface area contributed by atoms with E-state index < -0.39 is 12.1 Å². The van der Waals surface area contributed by atoms with Gasteiger partial charge in [-0.2, -0.15) is 0 Å². The average molecular weight is 583 g/mol. The molecule has 4 heterocycles. The number of ether oxygens (including phenoxy) is 2. The zero-order chi connectivity index (χ0) is 30.0. The number of hydrogen-bond donors (Lipinski definition) is 0. The van der Waals surface area contributed by atoms with Crippen LogP contribution in [0.4, 0.5) is 11.4 Å². The number of amides is 4. The van der Waals surface area contributed by atoms with Crippen molar-refractivity contribution < 1.29 is 38.2 Å². The van der Waals surface area contributed by atoms with Gasteiger partial charge in [0.25, 0.3) is 11.8 Å². The lowest BCUT2D eigenvalue weighted by Crippen LogP contribution is -2.48. The number of rotatable bonds is 8. The highest BCUT2D eigenvalue weighted by atomic mass is 16.5. The monoisotopic (exact) mass is 582 g/mol. The first kappa shape index (κ1) is 29.8. The van der Waals surface area contributed by atoms with E-state index in [0.717, 1.165) is 22.6 Å². The van der Waals surface area contributed by atoms with Gasteiger partial charge in [0, 0.05) is 13.1 Å². The number of nitrogens with zero attached hydrogens (tertiary/aromatic N) is 4. The third-order valence-electron chi connectivity index (χ3n) is 8.64. The van der Waals surface area contributed by atoms with Gasteiger partial charge in [0.15, 0.2) is 0 Å². The minimum Gasteiger partial charge on any atom is -0.466 e. The van der Waals surface area contributed by atoms with Crippen LogP contribution in [0.1, 0.15) is 52.4 Å². The Balaban J connectivity index is 1.25. The number of piperidine rings is 2. The minimum atomic E-state index is -0.653.